The van der Waals surface area contributed by atoms with Crippen LogP contribution in [0.5, 0.6) is 0 Å². The molecule has 2 aromatic carbocycles. The Morgan fingerprint density at radius 2 is 1.80 bits per heavy atom. The number of ether oxygens (including phenoxy) is 1. The maximum Gasteiger partial charge on any atom is 0.0591 e. The van der Waals surface area contributed by atoms with Crippen LogP contribution in [0.3, 0.4) is 0 Å². The van der Waals surface area contributed by atoms with Gasteiger partial charge in [0.15, 0.2) is 0 Å². The maximum atomic E-state index is 5.61. The van der Waals surface area contributed by atoms with E-state index in [4.69, 9.17) is 4.74 Å². The lowest BCUT2D eigenvalue weighted by Crippen LogP contribution is -2.19. The number of nitrogens with one attached hydrogen (secondary N) is 1. The van der Waals surface area contributed by atoms with Gasteiger partial charge in [0, 0.05) is 19.7 Å². The highest BCUT2D eigenvalue weighted by atomic mass is 16.5. The molecule has 0 saturated carbocycles. The van der Waals surface area contributed by atoms with E-state index in [1.54, 1.807) is 0 Å². The monoisotopic (exact) mass is 271 g/mol. The second-order valence-electron chi connectivity index (χ2n) is 5.61. The molecule has 0 aromatic heterocycles. The first-order valence-corrected chi connectivity index (χ1v) is 7.52. The third-order valence-corrected chi connectivity index (χ3v) is 3.46. The lowest BCUT2D eigenvalue weighted by atomic mass is 10.0. The SMILES string of the molecule is CC(C)CCOCCNCc1cccc2ccccc12. The molecule has 0 saturated heterocycles. The average molecular weight is 271 g/mol. The highest BCUT2D eigenvalue weighted by Crippen LogP contribution is 2.17. The van der Waals surface area contributed by atoms with Gasteiger partial charge in [0.25, 0.3) is 0 Å². The summed E-state index contributed by atoms with van der Waals surface area (Å²) in [6, 6.07) is 15.0. The summed E-state index contributed by atoms with van der Waals surface area (Å²) in [6.07, 6.45) is 1.14. The Hall–Kier alpha value is -1.38. The molecule has 1 N–H and O–H groups in total. The molecule has 0 aliphatic carbocycles. The number of fused-ring (bicyclic) bond motifs is 1. The minimum Gasteiger partial charge on any atom is -0.380 e. The molecule has 2 nitrogen and oxygen atoms in total. The minimum atomic E-state index is 0.721. The van der Waals surface area contributed by atoms with Gasteiger partial charge in [-0.05, 0) is 28.7 Å². The van der Waals surface area contributed by atoms with Crippen LogP contribution in [0.25, 0.3) is 10.8 Å². The van der Waals surface area contributed by atoms with Crippen LogP contribution in [0.2, 0.25) is 0 Å². The zero-order valence-electron chi connectivity index (χ0n) is 12.6. The van der Waals surface area contributed by atoms with Gasteiger partial charge in [-0.25, -0.2) is 0 Å². The molecule has 0 aliphatic rings. The fourth-order valence-electron chi connectivity index (χ4n) is 2.24. The van der Waals surface area contributed by atoms with Crippen molar-refractivity contribution in [2.75, 3.05) is 19.8 Å². The standard InChI is InChI=1S/C18H25NO/c1-15(2)10-12-20-13-11-19-14-17-8-5-7-16-6-3-4-9-18(16)17/h3-9,15,19H,10-14H2,1-2H3. The summed E-state index contributed by atoms with van der Waals surface area (Å²) in [4.78, 5) is 0. The summed E-state index contributed by atoms with van der Waals surface area (Å²) in [7, 11) is 0. The largest absolute Gasteiger partial charge is 0.380 e. The van der Waals surface area contributed by atoms with Gasteiger partial charge in [0.05, 0.1) is 6.61 Å². The third kappa shape index (κ3) is 4.62. The lowest BCUT2D eigenvalue weighted by molar-refractivity contribution is 0.125. The molecule has 0 amide bonds. The van der Waals surface area contributed by atoms with Gasteiger partial charge in [-0.3, -0.25) is 0 Å². The van der Waals surface area contributed by atoms with E-state index in [2.05, 4.69) is 61.6 Å². The zero-order valence-corrected chi connectivity index (χ0v) is 12.6. The van der Waals surface area contributed by atoms with Crippen LogP contribution in [0, 0.1) is 5.92 Å². The van der Waals surface area contributed by atoms with Crippen LogP contribution < -0.4 is 5.32 Å². The van der Waals surface area contributed by atoms with Gasteiger partial charge < -0.3 is 10.1 Å². The van der Waals surface area contributed by atoms with Crippen LogP contribution in [0.15, 0.2) is 42.5 Å². The summed E-state index contributed by atoms with van der Waals surface area (Å²) in [5.41, 5.74) is 1.35. The van der Waals surface area contributed by atoms with E-state index < -0.39 is 0 Å². The Balaban J connectivity index is 1.73. The summed E-state index contributed by atoms with van der Waals surface area (Å²) in [5, 5.41) is 6.10. The third-order valence-electron chi connectivity index (χ3n) is 3.46. The molecular formula is C18H25NO. The van der Waals surface area contributed by atoms with Crippen molar-refractivity contribution in [1.82, 2.24) is 5.32 Å². The van der Waals surface area contributed by atoms with Gasteiger partial charge in [0.1, 0.15) is 0 Å². The topological polar surface area (TPSA) is 21.3 Å². The fourth-order valence-corrected chi connectivity index (χ4v) is 2.24. The van der Waals surface area contributed by atoms with Crippen molar-refractivity contribution < 1.29 is 4.74 Å². The Morgan fingerprint density at radius 3 is 2.65 bits per heavy atom. The maximum absolute atomic E-state index is 5.61. The zero-order chi connectivity index (χ0) is 14.2. The molecule has 108 valence electrons. The predicted octanol–water partition coefficient (Wildman–Crippen LogP) is 3.99. The molecule has 2 aromatic rings. The van der Waals surface area contributed by atoms with E-state index in [0.717, 1.165) is 38.6 Å². The molecule has 0 heterocycles. The number of hydrogen-bond acceptors (Lipinski definition) is 2. The van der Waals surface area contributed by atoms with Crippen molar-refractivity contribution in [2.24, 2.45) is 5.92 Å². The van der Waals surface area contributed by atoms with E-state index in [9.17, 15) is 0 Å². The number of benzene rings is 2. The van der Waals surface area contributed by atoms with Gasteiger partial charge in [-0.15, -0.1) is 0 Å². The highest BCUT2D eigenvalue weighted by Gasteiger charge is 1.99. The van der Waals surface area contributed by atoms with E-state index in [0.29, 0.717) is 0 Å². The van der Waals surface area contributed by atoms with Crippen LogP contribution >= 0.6 is 0 Å². The van der Waals surface area contributed by atoms with Crippen LogP contribution in [0.4, 0.5) is 0 Å². The average Bonchev–Trinajstić information content (AvgIpc) is 2.46. The molecular weight excluding hydrogens is 246 g/mol. The van der Waals surface area contributed by atoms with E-state index in [1.807, 2.05) is 0 Å². The Bertz CT molecular complexity index is 516. The summed E-state index contributed by atoms with van der Waals surface area (Å²) in [5.74, 6) is 0.721. The van der Waals surface area contributed by atoms with Gasteiger partial charge >= 0.3 is 0 Å². The van der Waals surface area contributed by atoms with Crippen molar-refractivity contribution in [3.05, 3.63) is 48.0 Å². The first-order valence-electron chi connectivity index (χ1n) is 7.52. The van der Waals surface area contributed by atoms with Crippen LogP contribution in [-0.2, 0) is 11.3 Å². The van der Waals surface area contributed by atoms with Gasteiger partial charge in [-0.1, -0.05) is 56.3 Å². The Morgan fingerprint density at radius 1 is 1.00 bits per heavy atom. The van der Waals surface area contributed by atoms with Crippen LogP contribution in [0.1, 0.15) is 25.8 Å². The molecule has 0 atom stereocenters. The van der Waals surface area contributed by atoms with Gasteiger partial charge in [-0.2, -0.15) is 0 Å². The molecule has 0 fully saturated rings. The highest BCUT2D eigenvalue weighted by molar-refractivity contribution is 5.85. The van der Waals surface area contributed by atoms with Crippen LogP contribution in [-0.4, -0.2) is 19.8 Å². The molecule has 0 aliphatic heterocycles. The minimum absolute atomic E-state index is 0.721. The van der Waals surface area contributed by atoms with E-state index in [-0.39, 0.29) is 0 Å². The second-order valence-corrected chi connectivity index (χ2v) is 5.61. The van der Waals surface area contributed by atoms with Crippen molar-refractivity contribution in [1.29, 1.82) is 0 Å². The Labute approximate surface area is 122 Å². The smallest absolute Gasteiger partial charge is 0.0591 e. The second kappa shape index (κ2) is 8.03. The number of hydrogen-bond donors (Lipinski definition) is 1. The van der Waals surface area contributed by atoms with Crippen molar-refractivity contribution in [2.45, 2.75) is 26.8 Å². The molecule has 0 radical (unpaired) electrons. The molecule has 0 bridgehead atoms. The van der Waals surface area contributed by atoms with E-state index >= 15 is 0 Å². The summed E-state index contributed by atoms with van der Waals surface area (Å²) < 4.78 is 5.61. The molecule has 2 rings (SSSR count). The lowest BCUT2D eigenvalue weighted by Gasteiger charge is -2.09. The summed E-state index contributed by atoms with van der Waals surface area (Å²) >= 11 is 0. The number of rotatable bonds is 8. The molecule has 0 unspecified atom stereocenters. The van der Waals surface area contributed by atoms with Crippen molar-refractivity contribution >= 4 is 10.8 Å². The Kier molecular flexibility index (Phi) is 6.03. The molecule has 0 spiro atoms. The molecule has 20 heavy (non-hydrogen) atoms. The normalized spacial score (nSPS) is 11.3. The first kappa shape index (κ1) is 15.0. The fraction of sp³-hybridized carbons (Fsp3) is 0.444. The summed E-state index contributed by atoms with van der Waals surface area (Å²) in [6.45, 7) is 7.91. The molecule has 2 heteroatoms. The first-order chi connectivity index (χ1) is 9.77. The quantitative estimate of drug-likeness (QED) is 0.733. The predicted molar refractivity (Wildman–Crippen MR) is 85.9 cm³/mol. The van der Waals surface area contributed by atoms with Gasteiger partial charge in [0.2, 0.25) is 0 Å². The van der Waals surface area contributed by atoms with Crippen molar-refractivity contribution in [3.63, 3.8) is 0 Å². The van der Waals surface area contributed by atoms with Crippen molar-refractivity contribution in [3.8, 4) is 0 Å². The van der Waals surface area contributed by atoms with E-state index in [1.165, 1.54) is 16.3 Å².